The van der Waals surface area contributed by atoms with Gasteiger partial charge in [-0.2, -0.15) is 0 Å². The molecule has 2 fully saturated rings. The van der Waals surface area contributed by atoms with Gasteiger partial charge in [0.2, 0.25) is 0 Å². The van der Waals surface area contributed by atoms with Gasteiger partial charge in [-0.15, -0.1) is 0 Å². The topological polar surface area (TPSA) is 0 Å². The highest BCUT2D eigenvalue weighted by atomic mass is 14.5. The van der Waals surface area contributed by atoms with E-state index in [0.29, 0.717) is 0 Å². The molecule has 0 atom stereocenters. The molecule has 25 heavy (non-hydrogen) atoms. The van der Waals surface area contributed by atoms with Crippen LogP contribution in [0.4, 0.5) is 0 Å². The molecule has 0 N–H and O–H groups in total. The molecule has 0 aliphatic heterocycles. The van der Waals surface area contributed by atoms with Crippen LogP contribution in [0.1, 0.15) is 75.3 Å². The summed E-state index contributed by atoms with van der Waals surface area (Å²) in [5, 5.41) is 0. The van der Waals surface area contributed by atoms with Gasteiger partial charge >= 0.3 is 0 Å². The Morgan fingerprint density at radius 2 is 0.840 bits per heavy atom. The lowest BCUT2D eigenvalue weighted by Crippen LogP contribution is -2.45. The first-order chi connectivity index (χ1) is 12.4. The van der Waals surface area contributed by atoms with E-state index in [9.17, 15) is 0 Å². The molecule has 2 saturated carbocycles. The zero-order chi connectivity index (χ0) is 17.0. The summed E-state index contributed by atoms with van der Waals surface area (Å²) in [6.07, 6.45) is 14.1. The van der Waals surface area contributed by atoms with Gasteiger partial charge in [0.05, 0.1) is 0 Å². The fraction of sp³-hybridized carbons (Fsp3) is 0.520. The van der Waals surface area contributed by atoms with E-state index in [2.05, 4.69) is 60.7 Å². The van der Waals surface area contributed by atoms with Crippen LogP contribution in [0, 0.1) is 11.8 Å². The smallest absolute Gasteiger partial charge is 0.0259 e. The van der Waals surface area contributed by atoms with Gasteiger partial charge in [-0.1, -0.05) is 99.2 Å². The molecule has 0 heteroatoms. The van der Waals surface area contributed by atoms with E-state index in [1.807, 2.05) is 0 Å². The molecule has 0 saturated heterocycles. The van der Waals surface area contributed by atoms with Crippen LogP contribution in [0.5, 0.6) is 0 Å². The van der Waals surface area contributed by atoms with Crippen LogP contribution in [-0.2, 0) is 5.41 Å². The van der Waals surface area contributed by atoms with E-state index in [0.717, 1.165) is 11.8 Å². The second-order valence-electron chi connectivity index (χ2n) is 8.27. The number of rotatable bonds is 4. The summed E-state index contributed by atoms with van der Waals surface area (Å²) in [6.45, 7) is 0. The van der Waals surface area contributed by atoms with Gasteiger partial charge in [0.25, 0.3) is 0 Å². The number of hydrogen-bond donors (Lipinski definition) is 0. The molecule has 0 heterocycles. The minimum Gasteiger partial charge on any atom is -0.0622 e. The quantitative estimate of drug-likeness (QED) is 0.558. The maximum atomic E-state index is 2.43. The van der Waals surface area contributed by atoms with Crippen molar-refractivity contribution in [1.82, 2.24) is 0 Å². The molecule has 0 unspecified atom stereocenters. The molecular formula is C25H32. The van der Waals surface area contributed by atoms with E-state index >= 15 is 0 Å². The lowest BCUT2D eigenvalue weighted by atomic mass is 9.53. The van der Waals surface area contributed by atoms with E-state index < -0.39 is 0 Å². The van der Waals surface area contributed by atoms with Crippen molar-refractivity contribution in [3.05, 3.63) is 71.8 Å². The third-order valence-corrected chi connectivity index (χ3v) is 7.00. The predicted molar refractivity (Wildman–Crippen MR) is 107 cm³/mol. The van der Waals surface area contributed by atoms with Gasteiger partial charge in [-0.25, -0.2) is 0 Å². The second-order valence-corrected chi connectivity index (χ2v) is 8.27. The van der Waals surface area contributed by atoms with Gasteiger partial charge in [0, 0.05) is 5.41 Å². The van der Waals surface area contributed by atoms with E-state index in [1.165, 1.54) is 64.2 Å². The fourth-order valence-electron chi connectivity index (χ4n) is 5.99. The largest absolute Gasteiger partial charge is 0.0622 e. The first kappa shape index (κ1) is 16.9. The summed E-state index contributed by atoms with van der Waals surface area (Å²) in [7, 11) is 0. The van der Waals surface area contributed by atoms with E-state index in [-0.39, 0.29) is 5.41 Å². The van der Waals surface area contributed by atoms with Gasteiger partial charge in [-0.05, 0) is 48.6 Å². The zero-order valence-corrected chi connectivity index (χ0v) is 15.5. The van der Waals surface area contributed by atoms with Gasteiger partial charge in [-0.3, -0.25) is 0 Å². The lowest BCUT2D eigenvalue weighted by Gasteiger charge is -2.50. The SMILES string of the molecule is c1ccc(C(c2ccccc2)(C2CCCCC2)C2CCCCC2)cc1. The summed E-state index contributed by atoms with van der Waals surface area (Å²) in [5.41, 5.74) is 3.39. The average molecular weight is 333 g/mol. The minimum atomic E-state index is 0.226. The standard InChI is InChI=1S/C25H32/c1-5-13-21(14-6-1)25(22-15-7-2-8-16-22,23-17-9-3-10-18-23)24-19-11-4-12-20-24/h1-2,5-8,13-16,23-24H,3-4,9-12,17-20H2. The Balaban J connectivity index is 1.89. The van der Waals surface area contributed by atoms with Crippen LogP contribution >= 0.6 is 0 Å². The number of benzene rings is 2. The highest BCUT2D eigenvalue weighted by Crippen LogP contribution is 2.54. The predicted octanol–water partition coefficient (Wildman–Crippen LogP) is 7.13. The summed E-state index contributed by atoms with van der Waals surface area (Å²) >= 11 is 0. The first-order valence-corrected chi connectivity index (χ1v) is 10.5. The Labute approximate surface area is 153 Å². The molecule has 0 radical (unpaired) electrons. The highest BCUT2D eigenvalue weighted by molar-refractivity contribution is 5.42. The van der Waals surface area contributed by atoms with Gasteiger partial charge in [0.1, 0.15) is 0 Å². The van der Waals surface area contributed by atoms with Crippen LogP contribution in [0.25, 0.3) is 0 Å². The van der Waals surface area contributed by atoms with Crippen LogP contribution in [0.2, 0.25) is 0 Å². The second kappa shape index (κ2) is 7.77. The third-order valence-electron chi connectivity index (χ3n) is 7.00. The van der Waals surface area contributed by atoms with E-state index in [4.69, 9.17) is 0 Å². The van der Waals surface area contributed by atoms with Crippen LogP contribution in [-0.4, -0.2) is 0 Å². The van der Waals surface area contributed by atoms with E-state index in [1.54, 1.807) is 11.1 Å². The fourth-order valence-corrected chi connectivity index (χ4v) is 5.99. The van der Waals surface area contributed by atoms with Crippen molar-refractivity contribution >= 4 is 0 Å². The Morgan fingerprint density at radius 3 is 1.20 bits per heavy atom. The summed E-state index contributed by atoms with van der Waals surface area (Å²) in [6, 6.07) is 23.1. The molecule has 2 aromatic rings. The molecule has 132 valence electrons. The van der Waals surface area contributed by atoms with Crippen molar-refractivity contribution in [3.63, 3.8) is 0 Å². The summed E-state index contributed by atoms with van der Waals surface area (Å²) in [4.78, 5) is 0. The maximum absolute atomic E-state index is 2.43. The average Bonchev–Trinajstić information content (AvgIpc) is 2.72. The molecule has 0 nitrogen and oxygen atoms in total. The monoisotopic (exact) mass is 332 g/mol. The van der Waals surface area contributed by atoms with Crippen molar-refractivity contribution in [2.45, 2.75) is 69.6 Å². The van der Waals surface area contributed by atoms with Crippen molar-refractivity contribution in [3.8, 4) is 0 Å². The normalized spacial score (nSPS) is 20.5. The van der Waals surface area contributed by atoms with Crippen LogP contribution in [0.15, 0.2) is 60.7 Å². The molecule has 0 amide bonds. The minimum absolute atomic E-state index is 0.226. The van der Waals surface area contributed by atoms with Crippen molar-refractivity contribution < 1.29 is 0 Å². The molecule has 2 aromatic carbocycles. The van der Waals surface area contributed by atoms with Gasteiger partial charge in [0.15, 0.2) is 0 Å². The Hall–Kier alpha value is -1.56. The van der Waals surface area contributed by atoms with Crippen molar-refractivity contribution in [2.24, 2.45) is 11.8 Å². The maximum Gasteiger partial charge on any atom is 0.0259 e. The molecule has 0 aromatic heterocycles. The molecule has 0 spiro atoms. The molecule has 2 aliphatic carbocycles. The van der Waals surface area contributed by atoms with Crippen LogP contribution in [0.3, 0.4) is 0 Å². The molecule has 0 bridgehead atoms. The van der Waals surface area contributed by atoms with Crippen molar-refractivity contribution in [2.75, 3.05) is 0 Å². The number of hydrogen-bond acceptors (Lipinski definition) is 0. The Kier molecular flexibility index (Phi) is 5.25. The first-order valence-electron chi connectivity index (χ1n) is 10.5. The third kappa shape index (κ3) is 3.16. The summed E-state index contributed by atoms with van der Waals surface area (Å²) < 4.78 is 0. The Morgan fingerprint density at radius 1 is 0.480 bits per heavy atom. The van der Waals surface area contributed by atoms with Gasteiger partial charge < -0.3 is 0 Å². The lowest BCUT2D eigenvalue weighted by molar-refractivity contribution is 0.134. The summed E-state index contributed by atoms with van der Waals surface area (Å²) in [5.74, 6) is 1.60. The highest BCUT2D eigenvalue weighted by Gasteiger charge is 2.47. The zero-order valence-electron chi connectivity index (χ0n) is 15.5. The van der Waals surface area contributed by atoms with Crippen molar-refractivity contribution in [1.29, 1.82) is 0 Å². The molecule has 2 aliphatic rings. The Bertz CT molecular complexity index is 571. The van der Waals surface area contributed by atoms with Crippen LogP contribution < -0.4 is 0 Å². The molecule has 4 rings (SSSR count). The molecular weight excluding hydrogens is 300 g/mol.